The molecule has 2 aromatic heterocycles. The Morgan fingerprint density at radius 1 is 1.16 bits per heavy atom. The molecule has 0 bridgehead atoms. The Hall–Kier alpha value is -2.63. The molecule has 11 heteroatoms. The molecule has 3 rings (SSSR count). The molecule has 8 nitrogen and oxygen atoms in total. The fraction of sp³-hybridized carbons (Fsp3) is 0.350. The molecule has 0 radical (unpaired) electrons. The van der Waals surface area contributed by atoms with E-state index in [0.29, 0.717) is 16.0 Å². The summed E-state index contributed by atoms with van der Waals surface area (Å²) in [4.78, 5) is 26.6. The van der Waals surface area contributed by atoms with Crippen molar-refractivity contribution >= 4 is 67.0 Å². The number of para-hydroxylation sites is 1. The number of esters is 1. The standard InChI is InChI=1S/C20H22N4O4S3/c1-19(2,3)27-16(25)20(4,5)28-24-14(12-10-30-17(21)22-12)15(29)26-18-23-11-8-6-7-9-13(11)31-18/h6-10H,1-5H3,(H2,21,22)/b24-14-. The Bertz CT molecular complexity index is 1110. The van der Waals surface area contributed by atoms with E-state index in [1.165, 1.54) is 22.7 Å². The van der Waals surface area contributed by atoms with Crippen LogP contribution in [0.2, 0.25) is 0 Å². The molecule has 0 saturated carbocycles. The Morgan fingerprint density at radius 3 is 2.48 bits per heavy atom. The maximum absolute atomic E-state index is 12.5. The van der Waals surface area contributed by atoms with Crippen LogP contribution in [-0.2, 0) is 14.4 Å². The van der Waals surface area contributed by atoms with Crippen LogP contribution in [0, 0.1) is 0 Å². The highest BCUT2D eigenvalue weighted by Gasteiger charge is 2.36. The predicted octanol–water partition coefficient (Wildman–Crippen LogP) is 4.58. The first kappa shape index (κ1) is 23.0. The van der Waals surface area contributed by atoms with Gasteiger partial charge in [0.2, 0.25) is 10.7 Å². The summed E-state index contributed by atoms with van der Waals surface area (Å²) < 4.78 is 12.1. The van der Waals surface area contributed by atoms with Gasteiger partial charge in [-0.05, 0) is 59.0 Å². The SMILES string of the molecule is CC(C)(C)OC(=O)C(C)(C)O/N=C(\C(=S)Oc1nc2ccccc2s1)c1csc(N)n1. The Balaban J connectivity index is 1.85. The van der Waals surface area contributed by atoms with E-state index < -0.39 is 17.2 Å². The topological polar surface area (TPSA) is 109 Å². The number of nitrogens with zero attached hydrogens (tertiary/aromatic N) is 3. The number of fused-ring (bicyclic) bond motifs is 1. The normalized spacial score (nSPS) is 12.6. The van der Waals surface area contributed by atoms with Crippen LogP contribution in [0.4, 0.5) is 5.13 Å². The molecule has 0 fully saturated rings. The Labute approximate surface area is 193 Å². The smallest absolute Gasteiger partial charge is 0.353 e. The number of thiocarbonyl (C=S) groups is 1. The molecule has 0 atom stereocenters. The van der Waals surface area contributed by atoms with Crippen molar-refractivity contribution in [3.05, 3.63) is 35.3 Å². The number of nitrogens with two attached hydrogens (primary N) is 1. The lowest BCUT2D eigenvalue weighted by Gasteiger charge is -2.26. The lowest BCUT2D eigenvalue weighted by Crippen LogP contribution is -2.40. The van der Waals surface area contributed by atoms with E-state index in [4.69, 9.17) is 32.3 Å². The van der Waals surface area contributed by atoms with Crippen LogP contribution in [0.15, 0.2) is 34.8 Å². The second-order valence-electron chi connectivity index (χ2n) is 7.95. The number of hydrogen-bond acceptors (Lipinski definition) is 11. The fourth-order valence-electron chi connectivity index (χ4n) is 2.21. The number of benzene rings is 1. The van der Waals surface area contributed by atoms with Crippen LogP contribution in [0.3, 0.4) is 0 Å². The van der Waals surface area contributed by atoms with Crippen LogP contribution >= 0.6 is 34.9 Å². The van der Waals surface area contributed by atoms with E-state index >= 15 is 0 Å². The molecule has 31 heavy (non-hydrogen) atoms. The molecular formula is C20H22N4O4S3. The minimum atomic E-state index is -1.37. The Kier molecular flexibility index (Phi) is 6.58. The minimum Gasteiger partial charge on any atom is -0.457 e. The largest absolute Gasteiger partial charge is 0.457 e. The quantitative estimate of drug-likeness (QED) is 0.237. The van der Waals surface area contributed by atoms with Crippen molar-refractivity contribution in [2.45, 2.75) is 45.8 Å². The van der Waals surface area contributed by atoms with E-state index in [0.717, 1.165) is 10.2 Å². The van der Waals surface area contributed by atoms with Crippen molar-refractivity contribution in [1.82, 2.24) is 9.97 Å². The molecule has 1 aromatic carbocycles. The lowest BCUT2D eigenvalue weighted by molar-refractivity contribution is -0.179. The van der Waals surface area contributed by atoms with Gasteiger partial charge in [-0.25, -0.2) is 14.8 Å². The van der Waals surface area contributed by atoms with Gasteiger partial charge in [-0.1, -0.05) is 28.6 Å². The number of hydrogen-bond donors (Lipinski definition) is 1. The fourth-order valence-corrected chi connectivity index (χ4v) is 3.85. The van der Waals surface area contributed by atoms with Crippen LogP contribution < -0.4 is 10.5 Å². The van der Waals surface area contributed by atoms with Gasteiger partial charge in [0.15, 0.2) is 10.8 Å². The summed E-state index contributed by atoms with van der Waals surface area (Å²) in [6.07, 6.45) is 0. The first-order chi connectivity index (χ1) is 14.4. The molecule has 3 aromatic rings. The summed E-state index contributed by atoms with van der Waals surface area (Å²) in [7, 11) is 0. The van der Waals surface area contributed by atoms with Gasteiger partial charge >= 0.3 is 5.97 Å². The molecule has 0 aliphatic carbocycles. The first-order valence-electron chi connectivity index (χ1n) is 9.23. The summed E-state index contributed by atoms with van der Waals surface area (Å²) in [5.41, 5.74) is 5.01. The highest BCUT2D eigenvalue weighted by atomic mass is 32.1. The summed E-state index contributed by atoms with van der Waals surface area (Å²) in [5, 5.41) is 6.44. The first-order valence-corrected chi connectivity index (χ1v) is 11.3. The van der Waals surface area contributed by atoms with Gasteiger partial charge in [0.25, 0.3) is 5.19 Å². The zero-order chi connectivity index (χ0) is 22.8. The minimum absolute atomic E-state index is 0.00987. The number of rotatable bonds is 6. The van der Waals surface area contributed by atoms with Crippen molar-refractivity contribution in [1.29, 1.82) is 0 Å². The van der Waals surface area contributed by atoms with Crippen LogP contribution in [-0.4, -0.2) is 37.9 Å². The molecule has 164 valence electrons. The number of carbonyl (C=O) groups excluding carboxylic acids is 1. The molecule has 2 N–H and O–H groups in total. The summed E-state index contributed by atoms with van der Waals surface area (Å²) in [6.45, 7) is 8.42. The Morgan fingerprint density at radius 2 is 1.87 bits per heavy atom. The number of carbonyl (C=O) groups is 1. The second-order valence-corrected chi connectivity index (χ2v) is 10.2. The molecule has 0 spiro atoms. The van der Waals surface area contributed by atoms with E-state index in [9.17, 15) is 4.79 Å². The zero-order valence-electron chi connectivity index (χ0n) is 17.7. The highest BCUT2D eigenvalue weighted by Crippen LogP contribution is 2.28. The number of anilines is 1. The van der Waals surface area contributed by atoms with Gasteiger partial charge in [0.1, 0.15) is 11.3 Å². The van der Waals surface area contributed by atoms with E-state index in [2.05, 4.69) is 15.1 Å². The number of aromatic nitrogens is 2. The van der Waals surface area contributed by atoms with Crippen molar-refractivity contribution < 1.29 is 19.1 Å². The second kappa shape index (κ2) is 8.85. The zero-order valence-corrected chi connectivity index (χ0v) is 20.1. The van der Waals surface area contributed by atoms with E-state index in [1.807, 2.05) is 24.3 Å². The van der Waals surface area contributed by atoms with Crippen molar-refractivity contribution in [3.8, 4) is 5.19 Å². The number of nitrogen functional groups attached to an aromatic ring is 1. The molecule has 0 aliphatic heterocycles. The maximum atomic E-state index is 12.5. The molecule has 0 aliphatic rings. The van der Waals surface area contributed by atoms with Crippen molar-refractivity contribution in [3.63, 3.8) is 0 Å². The number of oxime groups is 1. The lowest BCUT2D eigenvalue weighted by atomic mass is 10.1. The van der Waals surface area contributed by atoms with Gasteiger partial charge in [-0.2, -0.15) is 0 Å². The summed E-state index contributed by atoms with van der Waals surface area (Å²) in [5.74, 6) is -0.570. The predicted molar refractivity (Wildman–Crippen MR) is 127 cm³/mol. The average molecular weight is 479 g/mol. The van der Waals surface area contributed by atoms with Gasteiger partial charge < -0.3 is 20.0 Å². The van der Waals surface area contributed by atoms with E-state index in [1.54, 1.807) is 40.0 Å². The van der Waals surface area contributed by atoms with Crippen LogP contribution in [0.5, 0.6) is 5.19 Å². The molecule has 0 saturated heterocycles. The van der Waals surface area contributed by atoms with Crippen molar-refractivity contribution in [2.24, 2.45) is 5.16 Å². The maximum Gasteiger partial charge on any atom is 0.353 e. The third kappa shape index (κ3) is 5.96. The third-order valence-corrected chi connectivity index (χ3v) is 5.53. The molecule has 0 unspecified atom stereocenters. The van der Waals surface area contributed by atoms with Gasteiger partial charge in [-0.3, -0.25) is 0 Å². The monoisotopic (exact) mass is 478 g/mol. The summed E-state index contributed by atoms with van der Waals surface area (Å²) in [6, 6.07) is 7.62. The summed E-state index contributed by atoms with van der Waals surface area (Å²) >= 11 is 8.00. The van der Waals surface area contributed by atoms with Crippen LogP contribution in [0.1, 0.15) is 40.3 Å². The number of thiazole rings is 2. The van der Waals surface area contributed by atoms with E-state index in [-0.39, 0.29) is 10.8 Å². The highest BCUT2D eigenvalue weighted by molar-refractivity contribution is 7.81. The van der Waals surface area contributed by atoms with Gasteiger partial charge in [-0.15, -0.1) is 11.3 Å². The van der Waals surface area contributed by atoms with Gasteiger partial charge in [0.05, 0.1) is 10.2 Å². The molecule has 0 amide bonds. The number of ether oxygens (including phenoxy) is 2. The third-order valence-electron chi connectivity index (χ3n) is 3.67. The van der Waals surface area contributed by atoms with Crippen molar-refractivity contribution in [2.75, 3.05) is 5.73 Å². The van der Waals surface area contributed by atoms with Gasteiger partial charge in [0, 0.05) is 5.38 Å². The molecular weight excluding hydrogens is 456 g/mol. The van der Waals surface area contributed by atoms with Crippen LogP contribution in [0.25, 0.3) is 10.2 Å². The molecule has 2 heterocycles. The average Bonchev–Trinajstić information content (AvgIpc) is 3.25.